The van der Waals surface area contributed by atoms with Gasteiger partial charge in [-0.2, -0.15) is 0 Å². The minimum absolute atomic E-state index is 0.0121. The van der Waals surface area contributed by atoms with Crippen LogP contribution in [0, 0.1) is 10.1 Å². The number of hydrogen-bond acceptors (Lipinski definition) is 6. The van der Waals surface area contributed by atoms with Gasteiger partial charge in [0.2, 0.25) is 0 Å². The minimum Gasteiger partial charge on any atom is -0.451 e. The number of nitro benzene ring substituents is 1. The summed E-state index contributed by atoms with van der Waals surface area (Å²) < 4.78 is 5.53. The molecule has 1 heterocycles. The van der Waals surface area contributed by atoms with Crippen molar-refractivity contribution < 1.29 is 18.9 Å². The number of rotatable bonds is 6. The Hall–Kier alpha value is -4.54. The maximum absolute atomic E-state index is 12.6. The predicted molar refractivity (Wildman–Crippen MR) is 140 cm³/mol. The van der Waals surface area contributed by atoms with Crippen molar-refractivity contribution in [3.63, 3.8) is 0 Å². The number of benzene rings is 3. The normalized spacial score (nSPS) is 10.4. The van der Waals surface area contributed by atoms with Gasteiger partial charge in [0.05, 0.1) is 10.5 Å². The molecule has 0 aliphatic carbocycles. The Morgan fingerprint density at radius 2 is 1.58 bits per heavy atom. The van der Waals surface area contributed by atoms with Crippen LogP contribution in [0.2, 0.25) is 5.02 Å². The second kappa shape index (κ2) is 10.8. The summed E-state index contributed by atoms with van der Waals surface area (Å²) in [6, 6.07) is 22.2. The summed E-state index contributed by atoms with van der Waals surface area (Å²) in [5.74, 6) is -0.870. The van der Waals surface area contributed by atoms with Crippen LogP contribution in [0.3, 0.4) is 0 Å². The molecule has 0 fully saturated rings. The summed E-state index contributed by atoms with van der Waals surface area (Å²) >= 11 is 11.2. The average Bonchev–Trinajstić information content (AvgIpc) is 3.34. The van der Waals surface area contributed by atoms with Gasteiger partial charge >= 0.3 is 0 Å². The summed E-state index contributed by atoms with van der Waals surface area (Å²) in [7, 11) is 0. The van der Waals surface area contributed by atoms with Crippen LogP contribution in [0.5, 0.6) is 0 Å². The Bertz CT molecular complexity index is 1490. The fraction of sp³-hybridized carbons (Fsp3) is 0. The molecule has 0 atom stereocenters. The van der Waals surface area contributed by atoms with E-state index >= 15 is 0 Å². The van der Waals surface area contributed by atoms with Crippen molar-refractivity contribution in [1.82, 2.24) is 5.32 Å². The Balaban J connectivity index is 1.39. The first-order chi connectivity index (χ1) is 17.3. The van der Waals surface area contributed by atoms with Gasteiger partial charge in [-0.15, -0.1) is 0 Å². The van der Waals surface area contributed by atoms with Crippen LogP contribution in [-0.2, 0) is 0 Å². The molecule has 4 aromatic rings. The van der Waals surface area contributed by atoms with Crippen LogP contribution >= 0.6 is 23.8 Å². The zero-order valence-corrected chi connectivity index (χ0v) is 19.9. The third-order valence-electron chi connectivity index (χ3n) is 4.89. The number of carbonyl (C=O) groups is 2. The number of hydrogen-bond donors (Lipinski definition) is 3. The molecule has 180 valence electrons. The smallest absolute Gasteiger partial charge is 0.293 e. The van der Waals surface area contributed by atoms with Crippen molar-refractivity contribution in [2.45, 2.75) is 0 Å². The second-order valence-electron chi connectivity index (χ2n) is 7.39. The molecule has 3 N–H and O–H groups in total. The van der Waals surface area contributed by atoms with E-state index in [1.165, 1.54) is 24.3 Å². The molecule has 3 aromatic carbocycles. The lowest BCUT2D eigenvalue weighted by Crippen LogP contribution is -2.33. The Labute approximate surface area is 215 Å². The van der Waals surface area contributed by atoms with Crippen LogP contribution in [0.4, 0.5) is 17.1 Å². The van der Waals surface area contributed by atoms with Crippen molar-refractivity contribution in [2.75, 3.05) is 10.6 Å². The molecule has 0 spiro atoms. The fourth-order valence-electron chi connectivity index (χ4n) is 3.28. The molecule has 0 unspecified atom stereocenters. The van der Waals surface area contributed by atoms with Gasteiger partial charge in [-0.3, -0.25) is 25.0 Å². The van der Waals surface area contributed by atoms with E-state index in [0.717, 1.165) is 0 Å². The summed E-state index contributed by atoms with van der Waals surface area (Å²) in [6.07, 6.45) is 0. The number of anilines is 2. The number of thiocarbonyl (C=S) groups is 1. The van der Waals surface area contributed by atoms with Crippen LogP contribution in [0.15, 0.2) is 89.3 Å². The lowest BCUT2D eigenvalue weighted by atomic mass is 10.1. The Morgan fingerprint density at radius 1 is 0.861 bits per heavy atom. The maximum atomic E-state index is 12.6. The Morgan fingerprint density at radius 3 is 2.33 bits per heavy atom. The van der Waals surface area contributed by atoms with Crippen LogP contribution < -0.4 is 16.0 Å². The van der Waals surface area contributed by atoms with E-state index in [2.05, 4.69) is 16.0 Å². The third-order valence-corrected chi connectivity index (χ3v) is 5.33. The van der Waals surface area contributed by atoms with E-state index in [1.807, 2.05) is 0 Å². The summed E-state index contributed by atoms with van der Waals surface area (Å²) in [5.41, 5.74) is 1.53. The molecule has 1 aromatic heterocycles. The van der Waals surface area contributed by atoms with E-state index in [-0.39, 0.29) is 33.8 Å². The molecule has 0 aliphatic rings. The van der Waals surface area contributed by atoms with Gasteiger partial charge in [0, 0.05) is 28.0 Å². The highest BCUT2D eigenvalue weighted by Gasteiger charge is 2.19. The highest BCUT2D eigenvalue weighted by Crippen LogP contribution is 2.30. The van der Waals surface area contributed by atoms with E-state index in [4.69, 9.17) is 28.2 Å². The van der Waals surface area contributed by atoms with Crippen molar-refractivity contribution in [3.8, 4) is 11.3 Å². The van der Waals surface area contributed by atoms with Gasteiger partial charge < -0.3 is 15.1 Å². The summed E-state index contributed by atoms with van der Waals surface area (Å²) in [4.78, 5) is 35.7. The lowest BCUT2D eigenvalue weighted by Gasteiger charge is -2.11. The highest BCUT2D eigenvalue weighted by atomic mass is 35.5. The molecule has 11 heteroatoms. The molecule has 36 heavy (non-hydrogen) atoms. The first-order valence-corrected chi connectivity index (χ1v) is 11.2. The number of furan rings is 1. The number of para-hydroxylation sites is 1. The zero-order chi connectivity index (χ0) is 25.7. The monoisotopic (exact) mass is 520 g/mol. The third kappa shape index (κ3) is 5.93. The fourth-order valence-corrected chi connectivity index (χ4v) is 3.68. The standard InChI is InChI=1S/C25H17ClN4O5S/c26-16-6-3-5-15(13-16)23(31)27-17-7-4-8-18(14-17)28-25(36)29-24(32)22-12-11-21(35-22)19-9-1-2-10-20(19)30(33)34/h1-14H,(H,27,31)(H2,28,29,32,36). The topological polar surface area (TPSA) is 127 Å². The number of nitrogens with zero attached hydrogens (tertiary/aromatic N) is 1. The molecule has 0 aliphatic heterocycles. The lowest BCUT2D eigenvalue weighted by molar-refractivity contribution is -0.384. The summed E-state index contributed by atoms with van der Waals surface area (Å²) in [5, 5.41) is 19.8. The van der Waals surface area contributed by atoms with Gasteiger partial charge in [-0.1, -0.05) is 35.9 Å². The van der Waals surface area contributed by atoms with Gasteiger partial charge in [0.15, 0.2) is 10.9 Å². The van der Waals surface area contributed by atoms with E-state index in [9.17, 15) is 19.7 Å². The Kier molecular flexibility index (Phi) is 7.38. The largest absolute Gasteiger partial charge is 0.451 e. The molecular weight excluding hydrogens is 504 g/mol. The first kappa shape index (κ1) is 24.6. The van der Waals surface area contributed by atoms with Crippen molar-refractivity contribution >= 4 is 57.8 Å². The number of nitrogens with one attached hydrogen (secondary N) is 3. The van der Waals surface area contributed by atoms with Crippen LogP contribution in [0.25, 0.3) is 11.3 Å². The molecule has 0 radical (unpaired) electrons. The SMILES string of the molecule is O=C(Nc1cccc(NC(=S)NC(=O)c2ccc(-c3ccccc3[N+](=O)[O-])o2)c1)c1cccc(Cl)c1. The molecule has 0 saturated heterocycles. The summed E-state index contributed by atoms with van der Waals surface area (Å²) in [6.45, 7) is 0. The molecular formula is C25H17ClN4O5S. The van der Waals surface area contributed by atoms with Crippen molar-refractivity contribution in [3.05, 3.63) is 111 Å². The second-order valence-corrected chi connectivity index (χ2v) is 8.24. The first-order valence-electron chi connectivity index (χ1n) is 10.4. The molecule has 9 nitrogen and oxygen atoms in total. The highest BCUT2D eigenvalue weighted by molar-refractivity contribution is 7.80. The number of nitro groups is 1. The van der Waals surface area contributed by atoms with Gasteiger partial charge in [0.25, 0.3) is 17.5 Å². The van der Waals surface area contributed by atoms with Crippen LogP contribution in [0.1, 0.15) is 20.9 Å². The minimum atomic E-state index is -0.636. The number of halogens is 1. The zero-order valence-electron chi connectivity index (χ0n) is 18.4. The molecule has 2 amide bonds. The van der Waals surface area contributed by atoms with Crippen molar-refractivity contribution in [2.24, 2.45) is 0 Å². The van der Waals surface area contributed by atoms with E-state index in [0.29, 0.717) is 22.0 Å². The van der Waals surface area contributed by atoms with Crippen molar-refractivity contribution in [1.29, 1.82) is 0 Å². The van der Waals surface area contributed by atoms with Crippen LogP contribution in [-0.4, -0.2) is 21.9 Å². The van der Waals surface area contributed by atoms with E-state index < -0.39 is 10.8 Å². The molecule has 4 rings (SSSR count). The average molecular weight is 521 g/mol. The van der Waals surface area contributed by atoms with Gasteiger partial charge in [-0.25, -0.2) is 0 Å². The molecule has 0 saturated carbocycles. The predicted octanol–water partition coefficient (Wildman–Crippen LogP) is 5.89. The van der Waals surface area contributed by atoms with E-state index in [1.54, 1.807) is 60.7 Å². The van der Waals surface area contributed by atoms with Gasteiger partial charge in [0.1, 0.15) is 5.76 Å². The van der Waals surface area contributed by atoms with Gasteiger partial charge in [-0.05, 0) is 66.8 Å². The quantitative estimate of drug-likeness (QED) is 0.164. The number of carbonyl (C=O) groups excluding carboxylic acids is 2. The maximum Gasteiger partial charge on any atom is 0.293 e. The number of amides is 2. The molecule has 0 bridgehead atoms.